The van der Waals surface area contributed by atoms with Crippen LogP contribution < -0.4 is 11.1 Å². The second-order valence-electron chi connectivity index (χ2n) is 6.00. The number of fused-ring (bicyclic) bond motifs is 1. The van der Waals surface area contributed by atoms with Crippen LogP contribution in [0.15, 0.2) is 16.1 Å². The van der Waals surface area contributed by atoms with E-state index < -0.39 is 11.9 Å². The van der Waals surface area contributed by atoms with Gasteiger partial charge >= 0.3 is 0 Å². The Balaban J connectivity index is 1.55. The second kappa shape index (κ2) is 7.76. The van der Waals surface area contributed by atoms with E-state index in [4.69, 9.17) is 10.5 Å². The summed E-state index contributed by atoms with van der Waals surface area (Å²) in [5, 5.41) is 30.0. The van der Waals surface area contributed by atoms with Crippen LogP contribution in [0.1, 0.15) is 11.5 Å². The Labute approximate surface area is 171 Å². The number of tetrazole rings is 1. The lowest BCUT2D eigenvalue weighted by Crippen LogP contribution is -2.70. The molecule has 2 amide bonds. The summed E-state index contributed by atoms with van der Waals surface area (Å²) in [5.74, 6) is -0.249. The topological polar surface area (TPSA) is 185 Å². The first-order valence-electron chi connectivity index (χ1n) is 8.19. The van der Waals surface area contributed by atoms with Crippen molar-refractivity contribution >= 4 is 51.5 Å². The summed E-state index contributed by atoms with van der Waals surface area (Å²) in [6.45, 7) is 0.303. The third kappa shape index (κ3) is 3.32. The van der Waals surface area contributed by atoms with Crippen LogP contribution in [0.2, 0.25) is 0 Å². The Morgan fingerprint density at radius 1 is 1.59 bits per heavy atom. The fourth-order valence-corrected chi connectivity index (χ4v) is 4.94. The van der Waals surface area contributed by atoms with Gasteiger partial charge in [0, 0.05) is 18.2 Å². The molecule has 1 fully saturated rings. The van der Waals surface area contributed by atoms with Gasteiger partial charge < -0.3 is 21.0 Å². The molecule has 4 heterocycles. The smallest absolute Gasteiger partial charge is 0.276 e. The molecule has 15 heteroatoms. The van der Waals surface area contributed by atoms with Crippen LogP contribution in [0, 0.1) is 0 Å². The van der Waals surface area contributed by atoms with E-state index in [0.717, 1.165) is 16.9 Å². The first kappa shape index (κ1) is 19.3. The normalized spacial score (nSPS) is 21.8. The van der Waals surface area contributed by atoms with Gasteiger partial charge in [-0.3, -0.25) is 14.5 Å². The van der Waals surface area contributed by atoms with Crippen molar-refractivity contribution in [3.8, 4) is 0 Å². The highest BCUT2D eigenvalue weighted by Crippen LogP contribution is 2.43. The highest BCUT2D eigenvalue weighted by Gasteiger charge is 2.54. The zero-order chi connectivity index (χ0) is 20.5. The Bertz CT molecular complexity index is 1000. The molecule has 4 rings (SSSR count). The van der Waals surface area contributed by atoms with Crippen molar-refractivity contribution in [1.29, 1.82) is 0 Å². The van der Waals surface area contributed by atoms with Gasteiger partial charge in [0.05, 0.1) is 12.3 Å². The number of aromatic amines is 1. The van der Waals surface area contributed by atoms with Gasteiger partial charge in [-0.1, -0.05) is 5.16 Å². The number of H-pyrrole nitrogens is 1. The molecule has 0 unspecified atom stereocenters. The Morgan fingerprint density at radius 3 is 3.03 bits per heavy atom. The molecule has 0 aliphatic carbocycles. The number of nitrogens with two attached hydrogens (primary N) is 1. The number of nitrogens with one attached hydrogen (secondary N) is 2. The molecule has 0 radical (unpaired) electrons. The molecule has 2 aliphatic rings. The summed E-state index contributed by atoms with van der Waals surface area (Å²) in [4.78, 5) is 30.8. The fourth-order valence-electron chi connectivity index (χ4n) is 3.06. The van der Waals surface area contributed by atoms with Crippen molar-refractivity contribution in [2.24, 2.45) is 5.16 Å². The monoisotopic (exact) mass is 437 g/mol. The number of oxime groups is 1. The van der Waals surface area contributed by atoms with Gasteiger partial charge in [0.2, 0.25) is 5.82 Å². The van der Waals surface area contributed by atoms with Crippen LogP contribution in [0.3, 0.4) is 0 Å². The summed E-state index contributed by atoms with van der Waals surface area (Å²) in [7, 11) is 1.56. The highest BCUT2D eigenvalue weighted by molar-refractivity contribution is 8.00. The minimum Gasteiger partial charge on any atom is -0.410 e. The zero-order valence-corrected chi connectivity index (χ0v) is 16.5. The van der Waals surface area contributed by atoms with Crippen molar-refractivity contribution < 1.29 is 19.5 Å². The molecule has 13 nitrogen and oxygen atoms in total. The van der Waals surface area contributed by atoms with E-state index in [-0.39, 0.29) is 33.6 Å². The molecule has 0 spiro atoms. The Kier molecular flexibility index (Phi) is 5.16. The largest absolute Gasteiger partial charge is 0.410 e. The van der Waals surface area contributed by atoms with Crippen molar-refractivity contribution in [1.82, 2.24) is 35.8 Å². The van der Waals surface area contributed by atoms with Crippen LogP contribution in [-0.2, 0) is 14.3 Å². The maximum absolute atomic E-state index is 12.8. The first-order valence-corrected chi connectivity index (χ1v) is 10.1. The average Bonchev–Trinajstić information content (AvgIpc) is 3.39. The van der Waals surface area contributed by atoms with Gasteiger partial charge in [-0.05, 0) is 10.8 Å². The third-order valence-corrected chi connectivity index (χ3v) is 6.30. The number of carbonyl (C=O) groups excluding carboxylic acids is 2. The quantitative estimate of drug-likeness (QED) is 0.187. The van der Waals surface area contributed by atoms with Crippen molar-refractivity contribution in [2.75, 3.05) is 25.2 Å². The van der Waals surface area contributed by atoms with Gasteiger partial charge in [-0.15, -0.1) is 33.3 Å². The number of hydrogen-bond acceptors (Lipinski definition) is 12. The number of anilines is 1. The van der Waals surface area contributed by atoms with E-state index in [2.05, 4.69) is 36.1 Å². The standard InChI is InChI=1S/C14H15N9O4S2/c1-27-2-5-3-28-13-8(12(25)23(13)9(5)10-18-21-22-19-10)17-11(24)7(20-26)6-4-29-14(15)16-6/h4,8,13,26H,2-3H2,1H3,(H2,15,16)(H,17,24)(H,18,19,21,22)/b20-7+/t8-,13-/m1/s1. The van der Waals surface area contributed by atoms with E-state index >= 15 is 0 Å². The maximum Gasteiger partial charge on any atom is 0.276 e. The number of thioether (sulfide) groups is 1. The van der Waals surface area contributed by atoms with Gasteiger partial charge in [0.15, 0.2) is 10.8 Å². The number of carbonyl (C=O) groups is 2. The predicted octanol–water partition coefficient (Wildman–Crippen LogP) is -1.13. The number of nitrogen functional groups attached to an aromatic ring is 1. The number of rotatable bonds is 6. The lowest BCUT2D eigenvalue weighted by Gasteiger charge is -2.49. The number of β-lactam (4-membered cyclic amide) rings is 1. The van der Waals surface area contributed by atoms with Gasteiger partial charge in [0.1, 0.15) is 17.1 Å². The summed E-state index contributed by atoms with van der Waals surface area (Å²) in [6, 6.07) is -0.814. The lowest BCUT2D eigenvalue weighted by molar-refractivity contribution is -0.142. The molecule has 0 saturated carbocycles. The molecule has 1 saturated heterocycles. The number of methoxy groups -OCH3 is 1. The van der Waals surface area contributed by atoms with Crippen LogP contribution >= 0.6 is 23.1 Å². The number of thiazole rings is 1. The molecule has 2 aromatic heterocycles. The molecule has 0 aromatic carbocycles. The minimum absolute atomic E-state index is 0.127. The SMILES string of the molecule is COCC1=C(c2nn[nH]n2)N2C(=O)[C@@H](NC(=O)/C(=N/O)c3csc(N)n3)[C@H]2SC1. The van der Waals surface area contributed by atoms with Crippen molar-refractivity contribution in [3.05, 3.63) is 22.5 Å². The Hall–Kier alpha value is -3.04. The Morgan fingerprint density at radius 2 is 2.41 bits per heavy atom. The predicted molar refractivity (Wildman–Crippen MR) is 103 cm³/mol. The third-order valence-electron chi connectivity index (χ3n) is 4.29. The van der Waals surface area contributed by atoms with Crippen molar-refractivity contribution in [3.63, 3.8) is 0 Å². The molecule has 29 heavy (non-hydrogen) atoms. The maximum atomic E-state index is 12.8. The zero-order valence-electron chi connectivity index (χ0n) is 14.9. The molecule has 5 N–H and O–H groups in total. The molecule has 2 atom stereocenters. The molecule has 2 aliphatic heterocycles. The number of hydrogen-bond donors (Lipinski definition) is 4. The number of amides is 2. The molecule has 152 valence electrons. The highest BCUT2D eigenvalue weighted by atomic mass is 32.2. The number of ether oxygens (including phenoxy) is 1. The lowest BCUT2D eigenvalue weighted by atomic mass is 10.0. The molecule has 2 aromatic rings. The van der Waals surface area contributed by atoms with Crippen LogP contribution in [0.4, 0.5) is 5.13 Å². The summed E-state index contributed by atoms with van der Waals surface area (Å²) >= 11 is 2.57. The molecule has 0 bridgehead atoms. The molecular weight excluding hydrogens is 422 g/mol. The average molecular weight is 437 g/mol. The summed E-state index contributed by atoms with van der Waals surface area (Å²) < 4.78 is 5.22. The van der Waals surface area contributed by atoms with Gasteiger partial charge in [-0.2, -0.15) is 5.21 Å². The second-order valence-corrected chi connectivity index (χ2v) is 8.00. The van der Waals surface area contributed by atoms with E-state index in [0.29, 0.717) is 18.1 Å². The molecular formula is C14H15N9O4S2. The van der Waals surface area contributed by atoms with E-state index in [1.165, 1.54) is 22.0 Å². The van der Waals surface area contributed by atoms with Gasteiger partial charge in [0.25, 0.3) is 11.8 Å². The number of nitrogens with zero attached hydrogens (tertiary/aromatic N) is 6. The van der Waals surface area contributed by atoms with Gasteiger partial charge in [-0.25, -0.2) is 4.98 Å². The fraction of sp³-hybridized carbons (Fsp3) is 0.357. The summed E-state index contributed by atoms with van der Waals surface area (Å²) in [5.41, 5.74) is 6.72. The number of aromatic nitrogens is 5. The van der Waals surface area contributed by atoms with E-state index in [9.17, 15) is 14.8 Å². The summed E-state index contributed by atoms with van der Waals surface area (Å²) in [6.07, 6.45) is 0. The van der Waals surface area contributed by atoms with E-state index in [1.54, 1.807) is 7.11 Å². The first-order chi connectivity index (χ1) is 14.0. The minimum atomic E-state index is -0.814. The van der Waals surface area contributed by atoms with Crippen LogP contribution in [0.25, 0.3) is 5.70 Å². The van der Waals surface area contributed by atoms with Crippen LogP contribution in [-0.4, -0.2) is 84.1 Å². The van der Waals surface area contributed by atoms with E-state index in [1.807, 2.05) is 0 Å². The van der Waals surface area contributed by atoms with Crippen molar-refractivity contribution in [2.45, 2.75) is 11.4 Å². The van der Waals surface area contributed by atoms with Crippen LogP contribution in [0.5, 0.6) is 0 Å².